The van der Waals surface area contributed by atoms with Crippen LogP contribution in [0.4, 0.5) is 5.69 Å². The lowest BCUT2D eigenvalue weighted by Crippen LogP contribution is -2.08. The highest BCUT2D eigenvalue weighted by Gasteiger charge is 2.07. The van der Waals surface area contributed by atoms with Crippen LogP contribution < -0.4 is 4.90 Å². The van der Waals surface area contributed by atoms with Crippen molar-refractivity contribution in [2.24, 2.45) is 0 Å². The second kappa shape index (κ2) is 5.84. The molecule has 0 saturated heterocycles. The van der Waals surface area contributed by atoms with Crippen molar-refractivity contribution in [1.82, 2.24) is 0 Å². The topological polar surface area (TPSA) is 46.6 Å². The Morgan fingerprint density at radius 1 is 1.24 bits per heavy atom. The molecule has 0 radical (unpaired) electrons. The van der Waals surface area contributed by atoms with Gasteiger partial charge in [0.05, 0.1) is 12.7 Å². The summed E-state index contributed by atoms with van der Waals surface area (Å²) in [4.78, 5) is 23.9. The number of carbonyl (C=O) groups is 2. The Labute approximate surface area is 100 Å². The van der Waals surface area contributed by atoms with Gasteiger partial charge in [0.1, 0.15) is 0 Å². The Bertz CT molecular complexity index is 432. The van der Waals surface area contributed by atoms with E-state index in [2.05, 4.69) is 4.74 Å². The van der Waals surface area contributed by atoms with Crippen LogP contribution in [0, 0.1) is 0 Å². The molecular weight excluding hydrogens is 218 g/mol. The summed E-state index contributed by atoms with van der Waals surface area (Å²) in [6, 6.07) is 7.49. The van der Waals surface area contributed by atoms with E-state index in [1.54, 1.807) is 0 Å². The van der Waals surface area contributed by atoms with E-state index in [1.165, 1.54) is 13.2 Å². The van der Waals surface area contributed by atoms with Crippen LogP contribution in [0.3, 0.4) is 0 Å². The first-order chi connectivity index (χ1) is 8.08. The molecule has 1 aromatic carbocycles. The Hall–Kier alpha value is -2.10. The molecule has 90 valence electrons. The number of anilines is 1. The van der Waals surface area contributed by atoms with Crippen molar-refractivity contribution in [1.29, 1.82) is 0 Å². The lowest BCUT2D eigenvalue weighted by molar-refractivity contribution is -0.136. The molecule has 0 fully saturated rings. The average molecular weight is 233 g/mol. The normalized spacial score (nSPS) is 10.9. The SMILES string of the molecule is COC(=O)/C(C=O)=C\c1ccc(N(C)C)cc1. The Kier molecular flexibility index (Phi) is 4.46. The predicted octanol–water partition coefficient (Wildman–Crippen LogP) is 1.51. The van der Waals surface area contributed by atoms with Crippen LogP contribution in [-0.2, 0) is 14.3 Å². The highest BCUT2D eigenvalue weighted by molar-refractivity contribution is 6.11. The molecule has 1 aromatic rings. The molecule has 0 aliphatic carbocycles. The minimum absolute atomic E-state index is 0.00473. The van der Waals surface area contributed by atoms with Gasteiger partial charge in [0, 0.05) is 19.8 Å². The third-order valence-corrected chi connectivity index (χ3v) is 2.28. The molecule has 0 aromatic heterocycles. The fourth-order valence-electron chi connectivity index (χ4n) is 1.31. The van der Waals surface area contributed by atoms with Crippen LogP contribution in [0.2, 0.25) is 0 Å². The van der Waals surface area contributed by atoms with Crippen LogP contribution in [0.1, 0.15) is 5.56 Å². The molecule has 0 unspecified atom stereocenters. The third kappa shape index (κ3) is 3.45. The van der Waals surface area contributed by atoms with Gasteiger partial charge < -0.3 is 9.64 Å². The molecule has 0 bridgehead atoms. The number of ether oxygens (including phenoxy) is 1. The number of hydrogen-bond donors (Lipinski definition) is 0. The largest absolute Gasteiger partial charge is 0.465 e. The molecule has 0 aliphatic rings. The van der Waals surface area contributed by atoms with Gasteiger partial charge in [-0.2, -0.15) is 0 Å². The summed E-state index contributed by atoms with van der Waals surface area (Å²) in [7, 11) is 5.13. The van der Waals surface area contributed by atoms with E-state index in [-0.39, 0.29) is 5.57 Å². The summed E-state index contributed by atoms with van der Waals surface area (Å²) in [5.41, 5.74) is 1.83. The smallest absolute Gasteiger partial charge is 0.341 e. The van der Waals surface area contributed by atoms with Crippen molar-refractivity contribution in [3.8, 4) is 0 Å². The zero-order chi connectivity index (χ0) is 12.8. The molecule has 0 saturated carbocycles. The van der Waals surface area contributed by atoms with E-state index >= 15 is 0 Å². The summed E-state index contributed by atoms with van der Waals surface area (Å²) in [6.07, 6.45) is 1.99. The molecule has 0 atom stereocenters. The van der Waals surface area contributed by atoms with Gasteiger partial charge in [-0.15, -0.1) is 0 Å². The van der Waals surface area contributed by atoms with Crippen LogP contribution in [0.15, 0.2) is 29.8 Å². The quantitative estimate of drug-likeness (QED) is 0.260. The second-order valence-electron chi connectivity index (χ2n) is 3.70. The standard InChI is InChI=1S/C13H15NO3/c1-14(2)12-6-4-10(5-7-12)8-11(9-15)13(16)17-3/h4-9H,1-3H3/b11-8-. The molecule has 4 nitrogen and oxygen atoms in total. The lowest BCUT2D eigenvalue weighted by atomic mass is 10.1. The van der Waals surface area contributed by atoms with Crippen molar-refractivity contribution in [3.05, 3.63) is 35.4 Å². The molecule has 0 spiro atoms. The molecular formula is C13H15NO3. The summed E-state index contributed by atoms with van der Waals surface area (Å²) in [5, 5.41) is 0. The fourth-order valence-corrected chi connectivity index (χ4v) is 1.31. The van der Waals surface area contributed by atoms with Gasteiger partial charge in [0.2, 0.25) is 0 Å². The zero-order valence-corrected chi connectivity index (χ0v) is 10.1. The van der Waals surface area contributed by atoms with Gasteiger partial charge in [0.25, 0.3) is 0 Å². The Balaban J connectivity index is 2.97. The first-order valence-corrected chi connectivity index (χ1v) is 5.11. The molecule has 0 aliphatic heterocycles. The monoisotopic (exact) mass is 233 g/mol. The zero-order valence-electron chi connectivity index (χ0n) is 10.1. The summed E-state index contributed by atoms with van der Waals surface area (Å²) < 4.78 is 4.49. The second-order valence-corrected chi connectivity index (χ2v) is 3.70. The third-order valence-electron chi connectivity index (χ3n) is 2.28. The number of nitrogens with zero attached hydrogens (tertiary/aromatic N) is 1. The van der Waals surface area contributed by atoms with E-state index in [0.29, 0.717) is 6.29 Å². The number of methoxy groups -OCH3 is 1. The summed E-state index contributed by atoms with van der Waals surface area (Å²) >= 11 is 0. The highest BCUT2D eigenvalue weighted by atomic mass is 16.5. The van der Waals surface area contributed by atoms with Gasteiger partial charge in [-0.25, -0.2) is 4.79 Å². The van der Waals surface area contributed by atoms with Gasteiger partial charge in [-0.3, -0.25) is 4.79 Å². The van der Waals surface area contributed by atoms with Crippen molar-refractivity contribution in [2.75, 3.05) is 26.1 Å². The molecule has 0 N–H and O–H groups in total. The summed E-state index contributed by atoms with van der Waals surface area (Å²) in [5.74, 6) is -0.628. The minimum atomic E-state index is -0.628. The number of carbonyl (C=O) groups excluding carboxylic acids is 2. The van der Waals surface area contributed by atoms with E-state index in [4.69, 9.17) is 0 Å². The van der Waals surface area contributed by atoms with E-state index < -0.39 is 5.97 Å². The molecule has 4 heteroatoms. The van der Waals surface area contributed by atoms with Gasteiger partial charge >= 0.3 is 5.97 Å². The van der Waals surface area contributed by atoms with Crippen LogP contribution in [0.25, 0.3) is 6.08 Å². The highest BCUT2D eigenvalue weighted by Crippen LogP contribution is 2.14. The van der Waals surface area contributed by atoms with Crippen molar-refractivity contribution in [2.45, 2.75) is 0 Å². The molecule has 0 heterocycles. The van der Waals surface area contributed by atoms with Crippen LogP contribution in [0.5, 0.6) is 0 Å². The maximum atomic E-state index is 11.2. The minimum Gasteiger partial charge on any atom is -0.465 e. The van der Waals surface area contributed by atoms with E-state index in [0.717, 1.165) is 11.3 Å². The predicted molar refractivity (Wildman–Crippen MR) is 66.8 cm³/mol. The van der Waals surface area contributed by atoms with Crippen molar-refractivity contribution >= 4 is 24.0 Å². The number of benzene rings is 1. The number of aldehydes is 1. The van der Waals surface area contributed by atoms with Gasteiger partial charge in [-0.05, 0) is 23.8 Å². The Morgan fingerprint density at radius 2 is 1.82 bits per heavy atom. The Morgan fingerprint density at radius 3 is 2.24 bits per heavy atom. The van der Waals surface area contributed by atoms with E-state index in [1.807, 2.05) is 43.3 Å². The molecule has 0 amide bonds. The first-order valence-electron chi connectivity index (χ1n) is 5.11. The summed E-state index contributed by atoms with van der Waals surface area (Å²) in [6.45, 7) is 0. The number of rotatable bonds is 4. The maximum Gasteiger partial charge on any atom is 0.341 e. The van der Waals surface area contributed by atoms with Crippen molar-refractivity contribution in [3.63, 3.8) is 0 Å². The number of hydrogen-bond acceptors (Lipinski definition) is 4. The average Bonchev–Trinajstić information content (AvgIpc) is 2.35. The van der Waals surface area contributed by atoms with Gasteiger partial charge in [0.15, 0.2) is 6.29 Å². The van der Waals surface area contributed by atoms with E-state index in [9.17, 15) is 9.59 Å². The lowest BCUT2D eigenvalue weighted by Gasteiger charge is -2.11. The van der Waals surface area contributed by atoms with Crippen molar-refractivity contribution < 1.29 is 14.3 Å². The molecule has 1 rings (SSSR count). The first kappa shape index (κ1) is 13.0. The number of esters is 1. The van der Waals surface area contributed by atoms with Gasteiger partial charge in [-0.1, -0.05) is 12.1 Å². The van der Waals surface area contributed by atoms with Crippen LogP contribution in [-0.4, -0.2) is 33.5 Å². The van der Waals surface area contributed by atoms with Crippen LogP contribution >= 0.6 is 0 Å². The molecule has 17 heavy (non-hydrogen) atoms. The maximum absolute atomic E-state index is 11.2. The fraction of sp³-hybridized carbons (Fsp3) is 0.231.